The summed E-state index contributed by atoms with van der Waals surface area (Å²) >= 11 is 0. The molecular weight excluding hydrogens is 723 g/mol. The maximum atomic E-state index is 2.43. The van der Waals surface area contributed by atoms with E-state index in [1.54, 1.807) is 0 Å². The van der Waals surface area contributed by atoms with Crippen molar-refractivity contribution in [2.45, 2.75) is 19.3 Å². The summed E-state index contributed by atoms with van der Waals surface area (Å²) in [5.41, 5.74) is 18.3. The maximum absolute atomic E-state index is 2.43. The minimum absolute atomic E-state index is 0.192. The Kier molecular flexibility index (Phi) is 8.57. The summed E-state index contributed by atoms with van der Waals surface area (Å²) in [5, 5.41) is 5.05. The summed E-state index contributed by atoms with van der Waals surface area (Å²) in [6, 6.07) is 82.4. The lowest BCUT2D eigenvalue weighted by atomic mass is 9.81. The van der Waals surface area contributed by atoms with Crippen LogP contribution in [0.15, 0.2) is 224 Å². The van der Waals surface area contributed by atoms with E-state index in [2.05, 4.69) is 243 Å². The van der Waals surface area contributed by atoms with E-state index in [9.17, 15) is 0 Å². The standard InChI is InChI=1S/C59H43N/c1-59(2)57-38-49(44-21-19-43(20-22-44)48-24-23-41-13-6-7-15-47(41)37-48)29-35-55(57)56-36-34-52(39-58(56)59)60(50-30-25-42(26-31-50)40-11-4-3-5-12-40)51-32-27-46(28-33-51)54-18-10-16-45-14-8-9-17-53(45)54/h3-39H,1-2H3. The molecule has 1 nitrogen and oxygen atoms in total. The van der Waals surface area contributed by atoms with Crippen LogP contribution in [0.1, 0.15) is 25.0 Å². The smallest absolute Gasteiger partial charge is 0.0465 e. The zero-order chi connectivity index (χ0) is 40.2. The number of benzene rings is 10. The van der Waals surface area contributed by atoms with Crippen LogP contribution in [0.2, 0.25) is 0 Å². The molecule has 0 saturated heterocycles. The van der Waals surface area contributed by atoms with Crippen LogP contribution < -0.4 is 4.90 Å². The highest BCUT2D eigenvalue weighted by Crippen LogP contribution is 2.52. The van der Waals surface area contributed by atoms with Gasteiger partial charge in [0, 0.05) is 22.5 Å². The summed E-state index contributed by atoms with van der Waals surface area (Å²) in [6.45, 7) is 4.76. The van der Waals surface area contributed by atoms with Gasteiger partial charge in [-0.15, -0.1) is 0 Å². The van der Waals surface area contributed by atoms with Crippen molar-refractivity contribution in [3.05, 3.63) is 236 Å². The van der Waals surface area contributed by atoms with Gasteiger partial charge in [0.25, 0.3) is 0 Å². The van der Waals surface area contributed by atoms with Crippen molar-refractivity contribution >= 4 is 38.6 Å². The quantitative estimate of drug-likeness (QED) is 0.156. The molecule has 60 heavy (non-hydrogen) atoms. The molecule has 11 rings (SSSR count). The molecule has 0 aliphatic heterocycles. The van der Waals surface area contributed by atoms with Gasteiger partial charge in [-0.3, -0.25) is 0 Å². The lowest BCUT2D eigenvalue weighted by Gasteiger charge is -2.28. The van der Waals surface area contributed by atoms with Crippen LogP contribution in [0.3, 0.4) is 0 Å². The highest BCUT2D eigenvalue weighted by Gasteiger charge is 2.36. The Morgan fingerprint density at radius 3 is 1.47 bits per heavy atom. The van der Waals surface area contributed by atoms with Crippen LogP contribution in [0.5, 0.6) is 0 Å². The highest BCUT2D eigenvalue weighted by atomic mass is 15.1. The van der Waals surface area contributed by atoms with Gasteiger partial charge in [0.1, 0.15) is 0 Å². The third kappa shape index (κ3) is 6.19. The molecule has 0 aromatic heterocycles. The molecule has 0 bridgehead atoms. The molecule has 0 atom stereocenters. The first-order chi connectivity index (χ1) is 29.5. The van der Waals surface area contributed by atoms with Crippen molar-refractivity contribution in [3.63, 3.8) is 0 Å². The van der Waals surface area contributed by atoms with E-state index >= 15 is 0 Å². The van der Waals surface area contributed by atoms with Gasteiger partial charge in [0.2, 0.25) is 0 Å². The Bertz CT molecular complexity index is 3190. The van der Waals surface area contributed by atoms with E-state index in [-0.39, 0.29) is 5.41 Å². The van der Waals surface area contributed by atoms with Crippen molar-refractivity contribution in [1.29, 1.82) is 0 Å². The number of anilines is 3. The average Bonchev–Trinajstić information content (AvgIpc) is 3.54. The molecule has 1 heteroatoms. The fraction of sp³-hybridized carbons (Fsp3) is 0.0508. The van der Waals surface area contributed by atoms with Gasteiger partial charge < -0.3 is 4.90 Å². The molecule has 1 aliphatic rings. The van der Waals surface area contributed by atoms with Crippen LogP contribution in [0.25, 0.3) is 77.2 Å². The zero-order valence-corrected chi connectivity index (χ0v) is 33.8. The molecule has 0 heterocycles. The van der Waals surface area contributed by atoms with Crippen molar-refractivity contribution in [2.75, 3.05) is 4.90 Å². The van der Waals surface area contributed by atoms with Gasteiger partial charge >= 0.3 is 0 Å². The molecule has 0 saturated carbocycles. The molecule has 284 valence electrons. The molecule has 0 unspecified atom stereocenters. The largest absolute Gasteiger partial charge is 0.310 e. The maximum Gasteiger partial charge on any atom is 0.0465 e. The number of hydrogen-bond donors (Lipinski definition) is 0. The average molecular weight is 766 g/mol. The van der Waals surface area contributed by atoms with Crippen LogP contribution in [-0.4, -0.2) is 0 Å². The van der Waals surface area contributed by atoms with Crippen molar-refractivity contribution in [1.82, 2.24) is 0 Å². The van der Waals surface area contributed by atoms with Gasteiger partial charge in [0.15, 0.2) is 0 Å². The van der Waals surface area contributed by atoms with Gasteiger partial charge in [-0.05, 0) is 137 Å². The molecule has 0 N–H and O–H groups in total. The summed E-state index contributed by atoms with van der Waals surface area (Å²) in [6.07, 6.45) is 0. The van der Waals surface area contributed by atoms with Gasteiger partial charge in [-0.25, -0.2) is 0 Å². The SMILES string of the molecule is CC1(C)c2cc(-c3ccc(-c4ccc5ccccc5c4)cc3)ccc2-c2ccc(N(c3ccc(-c4ccccc4)cc3)c3ccc(-c4cccc5ccccc45)cc3)cc21. The summed E-state index contributed by atoms with van der Waals surface area (Å²) < 4.78 is 0. The topological polar surface area (TPSA) is 3.24 Å². The zero-order valence-electron chi connectivity index (χ0n) is 33.8. The van der Waals surface area contributed by atoms with E-state index in [0.29, 0.717) is 0 Å². The Hall–Kier alpha value is -7.48. The lowest BCUT2D eigenvalue weighted by Crippen LogP contribution is -2.16. The third-order valence-corrected chi connectivity index (χ3v) is 12.7. The van der Waals surface area contributed by atoms with E-state index in [1.807, 2.05) is 0 Å². The van der Waals surface area contributed by atoms with E-state index in [0.717, 1.165) is 17.1 Å². The number of nitrogens with zero attached hydrogens (tertiary/aromatic N) is 1. The Morgan fingerprint density at radius 1 is 0.283 bits per heavy atom. The predicted molar refractivity (Wildman–Crippen MR) is 255 cm³/mol. The monoisotopic (exact) mass is 765 g/mol. The fourth-order valence-electron chi connectivity index (χ4n) is 9.42. The number of fused-ring (bicyclic) bond motifs is 5. The van der Waals surface area contributed by atoms with Gasteiger partial charge in [0.05, 0.1) is 0 Å². The second-order valence-corrected chi connectivity index (χ2v) is 16.6. The highest BCUT2D eigenvalue weighted by molar-refractivity contribution is 5.97. The molecule has 1 aliphatic carbocycles. The molecule has 0 amide bonds. The normalized spacial score (nSPS) is 12.6. The van der Waals surface area contributed by atoms with E-state index in [1.165, 1.54) is 88.3 Å². The van der Waals surface area contributed by atoms with E-state index < -0.39 is 0 Å². The predicted octanol–water partition coefficient (Wildman–Crippen LogP) is 16.4. The third-order valence-electron chi connectivity index (χ3n) is 12.7. The molecule has 10 aromatic rings. The lowest BCUT2D eigenvalue weighted by molar-refractivity contribution is 0.660. The number of hydrogen-bond acceptors (Lipinski definition) is 1. The Balaban J connectivity index is 0.948. The second kappa shape index (κ2) is 14.4. The van der Waals surface area contributed by atoms with Crippen LogP contribution in [-0.2, 0) is 5.41 Å². The Morgan fingerprint density at radius 2 is 0.750 bits per heavy atom. The Labute approximate surface area is 352 Å². The first-order valence-electron chi connectivity index (χ1n) is 20.9. The summed E-state index contributed by atoms with van der Waals surface area (Å²) in [5.74, 6) is 0. The minimum Gasteiger partial charge on any atom is -0.310 e. The fourth-order valence-corrected chi connectivity index (χ4v) is 9.42. The first-order valence-corrected chi connectivity index (χ1v) is 20.9. The molecule has 0 radical (unpaired) electrons. The number of rotatable bonds is 7. The van der Waals surface area contributed by atoms with Crippen LogP contribution >= 0.6 is 0 Å². The van der Waals surface area contributed by atoms with Crippen LogP contribution in [0, 0.1) is 0 Å². The van der Waals surface area contributed by atoms with Crippen molar-refractivity contribution < 1.29 is 0 Å². The second-order valence-electron chi connectivity index (χ2n) is 16.6. The molecule has 0 spiro atoms. The van der Waals surface area contributed by atoms with Crippen molar-refractivity contribution in [3.8, 4) is 55.6 Å². The van der Waals surface area contributed by atoms with E-state index in [4.69, 9.17) is 0 Å². The van der Waals surface area contributed by atoms with Crippen molar-refractivity contribution in [2.24, 2.45) is 0 Å². The summed E-state index contributed by atoms with van der Waals surface area (Å²) in [4.78, 5) is 2.41. The first kappa shape index (κ1) is 35.7. The molecule has 0 fully saturated rings. The van der Waals surface area contributed by atoms with Gasteiger partial charge in [-0.2, -0.15) is 0 Å². The summed E-state index contributed by atoms with van der Waals surface area (Å²) in [7, 11) is 0. The van der Waals surface area contributed by atoms with Gasteiger partial charge in [-0.1, -0.05) is 190 Å². The molecule has 10 aromatic carbocycles. The van der Waals surface area contributed by atoms with Crippen LogP contribution in [0.4, 0.5) is 17.1 Å². The minimum atomic E-state index is -0.192. The molecular formula is C59H43N.